The van der Waals surface area contributed by atoms with Gasteiger partial charge in [0.25, 0.3) is 0 Å². The molecule has 5 heteroatoms. The average molecular weight is 291 g/mol. The highest BCUT2D eigenvalue weighted by molar-refractivity contribution is 7.89. The number of aliphatic hydroxyl groups is 1. The molecule has 2 aromatic carbocycles. The van der Waals surface area contributed by atoms with Crippen LogP contribution in [0.2, 0.25) is 0 Å². The Morgan fingerprint density at radius 2 is 1.80 bits per heavy atom. The quantitative estimate of drug-likeness (QED) is 0.885. The van der Waals surface area contributed by atoms with Crippen LogP contribution in [0.15, 0.2) is 59.5 Å². The van der Waals surface area contributed by atoms with Gasteiger partial charge in [0.05, 0.1) is 11.0 Å². The van der Waals surface area contributed by atoms with Crippen molar-refractivity contribution >= 4 is 10.0 Å². The van der Waals surface area contributed by atoms with Gasteiger partial charge in [0, 0.05) is 6.54 Å². The second-order valence-corrected chi connectivity index (χ2v) is 6.36. The minimum atomic E-state index is -3.60. The van der Waals surface area contributed by atoms with Crippen molar-refractivity contribution in [2.45, 2.75) is 17.9 Å². The number of aryl methyl sites for hydroxylation is 1. The number of rotatable bonds is 5. The fraction of sp³-hybridized carbons (Fsp3) is 0.200. The molecule has 20 heavy (non-hydrogen) atoms. The molecule has 1 atom stereocenters. The Bertz CT molecular complexity index is 669. The van der Waals surface area contributed by atoms with E-state index in [0.717, 1.165) is 5.56 Å². The lowest BCUT2D eigenvalue weighted by atomic mass is 10.1. The Hall–Kier alpha value is -1.69. The third-order valence-corrected chi connectivity index (χ3v) is 4.37. The Morgan fingerprint density at radius 1 is 1.10 bits per heavy atom. The molecule has 0 bridgehead atoms. The lowest BCUT2D eigenvalue weighted by Gasteiger charge is -2.12. The fourth-order valence-corrected chi connectivity index (χ4v) is 2.99. The van der Waals surface area contributed by atoms with Crippen molar-refractivity contribution in [1.82, 2.24) is 4.72 Å². The summed E-state index contributed by atoms with van der Waals surface area (Å²) in [5, 5.41) is 9.96. The lowest BCUT2D eigenvalue weighted by Crippen LogP contribution is -2.28. The van der Waals surface area contributed by atoms with Gasteiger partial charge in [-0.3, -0.25) is 0 Å². The maximum atomic E-state index is 12.1. The molecule has 0 saturated carbocycles. The zero-order valence-electron chi connectivity index (χ0n) is 11.2. The summed E-state index contributed by atoms with van der Waals surface area (Å²) in [7, 11) is -3.60. The minimum absolute atomic E-state index is 0.0553. The van der Waals surface area contributed by atoms with Gasteiger partial charge in [-0.2, -0.15) is 0 Å². The molecule has 0 saturated heterocycles. The zero-order chi connectivity index (χ0) is 14.6. The number of benzene rings is 2. The second kappa shape index (κ2) is 6.17. The van der Waals surface area contributed by atoms with Gasteiger partial charge < -0.3 is 5.11 Å². The van der Waals surface area contributed by atoms with Crippen LogP contribution in [0.25, 0.3) is 0 Å². The van der Waals surface area contributed by atoms with Crippen LogP contribution >= 0.6 is 0 Å². The van der Waals surface area contributed by atoms with Crippen molar-refractivity contribution in [2.75, 3.05) is 6.54 Å². The van der Waals surface area contributed by atoms with E-state index in [2.05, 4.69) is 4.72 Å². The molecule has 2 rings (SSSR count). The van der Waals surface area contributed by atoms with E-state index in [1.165, 1.54) is 6.07 Å². The highest BCUT2D eigenvalue weighted by atomic mass is 32.2. The SMILES string of the molecule is Cc1cccc(S(=O)(=O)NCC(O)c2ccccc2)c1. The molecular formula is C15H17NO3S. The number of aliphatic hydroxyl groups excluding tert-OH is 1. The second-order valence-electron chi connectivity index (χ2n) is 4.59. The highest BCUT2D eigenvalue weighted by Crippen LogP contribution is 2.14. The number of hydrogen-bond acceptors (Lipinski definition) is 3. The smallest absolute Gasteiger partial charge is 0.240 e. The summed E-state index contributed by atoms with van der Waals surface area (Å²) in [6, 6.07) is 15.6. The van der Waals surface area contributed by atoms with Crippen molar-refractivity contribution < 1.29 is 13.5 Å². The first-order valence-electron chi connectivity index (χ1n) is 6.28. The molecule has 0 fully saturated rings. The fourth-order valence-electron chi connectivity index (χ4n) is 1.85. The van der Waals surface area contributed by atoms with Gasteiger partial charge in [0.15, 0.2) is 0 Å². The van der Waals surface area contributed by atoms with Crippen molar-refractivity contribution in [1.29, 1.82) is 0 Å². The molecule has 0 amide bonds. The van der Waals surface area contributed by atoms with Crippen LogP contribution in [0.4, 0.5) is 0 Å². The Kier molecular flexibility index (Phi) is 4.54. The first-order chi connectivity index (χ1) is 9.49. The summed E-state index contributed by atoms with van der Waals surface area (Å²) in [6.07, 6.45) is -0.865. The molecule has 0 aliphatic carbocycles. The topological polar surface area (TPSA) is 66.4 Å². The summed E-state index contributed by atoms with van der Waals surface area (Å²) >= 11 is 0. The molecule has 0 aliphatic rings. The minimum Gasteiger partial charge on any atom is -0.387 e. The van der Waals surface area contributed by atoms with Gasteiger partial charge in [-0.25, -0.2) is 13.1 Å². The number of sulfonamides is 1. The van der Waals surface area contributed by atoms with Crippen LogP contribution in [0.1, 0.15) is 17.2 Å². The third-order valence-electron chi connectivity index (χ3n) is 2.95. The molecule has 0 aromatic heterocycles. The average Bonchev–Trinajstić information content (AvgIpc) is 2.46. The Balaban J connectivity index is 2.07. The van der Waals surface area contributed by atoms with Gasteiger partial charge in [-0.15, -0.1) is 0 Å². The number of hydrogen-bond donors (Lipinski definition) is 2. The van der Waals surface area contributed by atoms with Gasteiger partial charge in [-0.1, -0.05) is 42.5 Å². The predicted molar refractivity (Wildman–Crippen MR) is 77.8 cm³/mol. The van der Waals surface area contributed by atoms with Crippen molar-refractivity contribution in [3.05, 3.63) is 65.7 Å². The van der Waals surface area contributed by atoms with Crippen LogP contribution in [0.3, 0.4) is 0 Å². The maximum absolute atomic E-state index is 12.1. The van der Waals surface area contributed by atoms with Crippen molar-refractivity contribution in [3.63, 3.8) is 0 Å². The summed E-state index contributed by atoms with van der Waals surface area (Å²) in [4.78, 5) is 0.206. The van der Waals surface area contributed by atoms with Crippen LogP contribution in [-0.2, 0) is 10.0 Å². The van der Waals surface area contributed by atoms with Gasteiger partial charge >= 0.3 is 0 Å². The van der Waals surface area contributed by atoms with Crippen molar-refractivity contribution in [3.8, 4) is 0 Å². The standard InChI is InChI=1S/C15H17NO3S/c1-12-6-5-9-14(10-12)20(18,19)16-11-15(17)13-7-3-2-4-8-13/h2-10,15-17H,11H2,1H3. The predicted octanol–water partition coefficient (Wildman–Crippen LogP) is 2.01. The number of nitrogens with one attached hydrogen (secondary N) is 1. The van der Waals surface area contributed by atoms with Gasteiger partial charge in [0.2, 0.25) is 10.0 Å². The Morgan fingerprint density at radius 3 is 2.45 bits per heavy atom. The molecule has 2 aromatic rings. The van der Waals surface area contributed by atoms with Crippen LogP contribution in [0.5, 0.6) is 0 Å². The van der Waals surface area contributed by atoms with E-state index in [4.69, 9.17) is 0 Å². The summed E-state index contributed by atoms with van der Waals surface area (Å²) in [5.41, 5.74) is 1.55. The molecule has 0 radical (unpaired) electrons. The molecule has 2 N–H and O–H groups in total. The van der Waals surface area contributed by atoms with E-state index in [0.29, 0.717) is 5.56 Å². The maximum Gasteiger partial charge on any atom is 0.240 e. The van der Waals surface area contributed by atoms with E-state index >= 15 is 0 Å². The largest absolute Gasteiger partial charge is 0.387 e. The van der Waals surface area contributed by atoms with E-state index in [9.17, 15) is 13.5 Å². The van der Waals surface area contributed by atoms with E-state index in [1.54, 1.807) is 36.4 Å². The van der Waals surface area contributed by atoms with Crippen molar-refractivity contribution in [2.24, 2.45) is 0 Å². The Labute approximate surface area is 119 Å². The van der Waals surface area contributed by atoms with E-state index in [1.807, 2.05) is 19.1 Å². The molecule has 1 unspecified atom stereocenters. The normalized spacial score (nSPS) is 13.1. The summed E-state index contributed by atoms with van der Waals surface area (Å²) < 4.78 is 26.6. The monoisotopic (exact) mass is 291 g/mol. The lowest BCUT2D eigenvalue weighted by molar-refractivity contribution is 0.182. The van der Waals surface area contributed by atoms with Gasteiger partial charge in [0.1, 0.15) is 0 Å². The molecule has 0 heterocycles. The first-order valence-corrected chi connectivity index (χ1v) is 7.77. The van der Waals surface area contributed by atoms with E-state index in [-0.39, 0.29) is 11.4 Å². The first kappa shape index (κ1) is 14.7. The summed E-state index contributed by atoms with van der Waals surface area (Å²) in [6.45, 7) is 1.78. The molecule has 0 aliphatic heterocycles. The van der Waals surface area contributed by atoms with Crippen LogP contribution in [-0.4, -0.2) is 20.1 Å². The van der Waals surface area contributed by atoms with E-state index < -0.39 is 16.1 Å². The molecule has 4 nitrogen and oxygen atoms in total. The van der Waals surface area contributed by atoms with Crippen LogP contribution in [0, 0.1) is 6.92 Å². The molecule has 106 valence electrons. The molecular weight excluding hydrogens is 274 g/mol. The highest BCUT2D eigenvalue weighted by Gasteiger charge is 2.16. The third kappa shape index (κ3) is 3.66. The molecule has 0 spiro atoms. The zero-order valence-corrected chi connectivity index (χ0v) is 12.0. The van der Waals surface area contributed by atoms with Crippen LogP contribution < -0.4 is 4.72 Å². The summed E-state index contributed by atoms with van der Waals surface area (Å²) in [5.74, 6) is 0. The van der Waals surface area contributed by atoms with Gasteiger partial charge in [-0.05, 0) is 30.2 Å².